The lowest BCUT2D eigenvalue weighted by atomic mass is 10.0. The third kappa shape index (κ3) is 8.97. The number of cyclic esters (lactones) is 1. The number of anilines is 2. The van der Waals surface area contributed by atoms with Crippen molar-refractivity contribution in [3.63, 3.8) is 0 Å². The van der Waals surface area contributed by atoms with Gasteiger partial charge < -0.3 is 20.1 Å². The fourth-order valence-corrected chi connectivity index (χ4v) is 4.65. The number of tetrazole rings is 1. The minimum Gasteiger partial charge on any atom is -0.459 e. The van der Waals surface area contributed by atoms with E-state index in [1.807, 2.05) is 30.3 Å². The number of esters is 1. The van der Waals surface area contributed by atoms with E-state index in [1.54, 1.807) is 48.5 Å². The van der Waals surface area contributed by atoms with Crippen molar-refractivity contribution in [1.29, 1.82) is 0 Å². The van der Waals surface area contributed by atoms with E-state index in [0.717, 1.165) is 5.56 Å². The van der Waals surface area contributed by atoms with E-state index in [1.165, 1.54) is 17.1 Å². The SMILES string of the molecule is O=C(C=Cc1cc(Cl)ccc1-n1cnnn1)N[C@@H](Cc1ccccc1)C(=O)Nc1ccc(NC(=O)OC[C@@H]2CCC(=O)O2)cc1. The van der Waals surface area contributed by atoms with Gasteiger partial charge in [-0.25, -0.2) is 4.79 Å². The quantitative estimate of drug-likeness (QED) is 0.164. The number of amides is 3. The highest BCUT2D eigenvalue weighted by Gasteiger charge is 2.25. The van der Waals surface area contributed by atoms with Crippen LogP contribution >= 0.6 is 11.6 Å². The minimum absolute atomic E-state index is 0.0328. The number of aromatic nitrogens is 4. The van der Waals surface area contributed by atoms with E-state index in [9.17, 15) is 19.2 Å². The minimum atomic E-state index is -0.916. The van der Waals surface area contributed by atoms with Gasteiger partial charge in [-0.05, 0) is 71.0 Å². The number of nitrogens with zero attached hydrogens (tertiary/aromatic N) is 4. The van der Waals surface area contributed by atoms with Crippen LogP contribution in [0.3, 0.4) is 0 Å². The summed E-state index contributed by atoms with van der Waals surface area (Å²) in [4.78, 5) is 49.7. The number of hydrogen-bond acceptors (Lipinski definition) is 9. The Labute approximate surface area is 262 Å². The standard InChI is InChI=1S/C31H28ClN7O6/c32-22-7-13-27(39-19-33-37-38-39)21(17-22)6-14-28(40)36-26(16-20-4-2-1-3-5-20)30(42)34-23-8-10-24(11-9-23)35-31(43)44-18-25-12-15-29(41)45-25/h1-11,13-14,17,19,25-26H,12,15-16,18H2,(H,34,42)(H,35,43)(H,36,40)/t25-,26-/m0/s1. The number of ether oxygens (including phenoxy) is 2. The first-order valence-corrected chi connectivity index (χ1v) is 14.3. The maximum atomic E-state index is 13.4. The van der Waals surface area contributed by atoms with Crippen molar-refractivity contribution in [3.05, 3.63) is 101 Å². The second kappa shape index (κ2) is 14.8. The van der Waals surface area contributed by atoms with Crippen LogP contribution < -0.4 is 16.0 Å². The van der Waals surface area contributed by atoms with E-state index in [0.29, 0.717) is 40.5 Å². The van der Waals surface area contributed by atoms with Gasteiger partial charge in [0.05, 0.1) is 5.69 Å². The van der Waals surface area contributed by atoms with Crippen LogP contribution in [0.2, 0.25) is 5.02 Å². The molecule has 0 unspecified atom stereocenters. The normalized spacial score (nSPS) is 14.9. The van der Waals surface area contributed by atoms with Crippen LogP contribution in [0.25, 0.3) is 11.8 Å². The number of carbonyl (C=O) groups excluding carboxylic acids is 4. The molecule has 4 aromatic rings. The molecule has 2 atom stereocenters. The van der Waals surface area contributed by atoms with E-state index in [4.69, 9.17) is 21.1 Å². The second-order valence-corrected chi connectivity index (χ2v) is 10.4. The molecule has 0 spiro atoms. The highest BCUT2D eigenvalue weighted by Crippen LogP contribution is 2.21. The van der Waals surface area contributed by atoms with Crippen molar-refractivity contribution in [3.8, 4) is 5.69 Å². The summed E-state index contributed by atoms with van der Waals surface area (Å²) in [5, 5.41) is 19.8. The molecule has 1 aromatic heterocycles. The Bertz CT molecular complexity index is 1680. The van der Waals surface area contributed by atoms with Crippen molar-refractivity contribution < 1.29 is 28.7 Å². The van der Waals surface area contributed by atoms with Crippen LogP contribution in [-0.2, 0) is 30.3 Å². The third-order valence-electron chi connectivity index (χ3n) is 6.68. The average molecular weight is 630 g/mol. The van der Waals surface area contributed by atoms with Crippen LogP contribution in [0.4, 0.5) is 16.2 Å². The predicted molar refractivity (Wildman–Crippen MR) is 164 cm³/mol. The Kier molecular flexibility index (Phi) is 10.1. The van der Waals surface area contributed by atoms with Gasteiger partial charge >= 0.3 is 12.1 Å². The number of carbonyl (C=O) groups is 4. The number of rotatable bonds is 11. The van der Waals surface area contributed by atoms with Crippen molar-refractivity contribution in [2.75, 3.05) is 17.2 Å². The van der Waals surface area contributed by atoms with Gasteiger partial charge in [-0.15, -0.1) is 5.10 Å². The Morgan fingerprint density at radius 3 is 2.49 bits per heavy atom. The molecule has 3 N–H and O–H groups in total. The highest BCUT2D eigenvalue weighted by molar-refractivity contribution is 6.30. The molecular formula is C31H28ClN7O6. The van der Waals surface area contributed by atoms with Crippen molar-refractivity contribution in [2.45, 2.75) is 31.4 Å². The fraction of sp³-hybridized carbons (Fsp3) is 0.194. The summed E-state index contributed by atoms with van der Waals surface area (Å²) >= 11 is 6.17. The second-order valence-electron chi connectivity index (χ2n) is 9.98. The van der Waals surface area contributed by atoms with Crippen LogP contribution in [0, 0.1) is 0 Å². The smallest absolute Gasteiger partial charge is 0.411 e. The molecule has 1 aliphatic rings. The Hall–Kier alpha value is -5.56. The number of halogens is 1. The van der Waals surface area contributed by atoms with Crippen LogP contribution in [-0.4, -0.2) is 62.8 Å². The highest BCUT2D eigenvalue weighted by atomic mass is 35.5. The predicted octanol–water partition coefficient (Wildman–Crippen LogP) is 3.95. The molecule has 1 fully saturated rings. The third-order valence-corrected chi connectivity index (χ3v) is 6.92. The zero-order valence-electron chi connectivity index (χ0n) is 23.8. The summed E-state index contributed by atoms with van der Waals surface area (Å²) in [6, 6.07) is 19.8. The molecular weight excluding hydrogens is 602 g/mol. The molecule has 1 aliphatic heterocycles. The lowest BCUT2D eigenvalue weighted by Crippen LogP contribution is -2.44. The monoisotopic (exact) mass is 629 g/mol. The largest absolute Gasteiger partial charge is 0.459 e. The maximum absolute atomic E-state index is 13.4. The molecule has 2 heterocycles. The molecule has 45 heavy (non-hydrogen) atoms. The molecule has 0 bridgehead atoms. The molecule has 5 rings (SSSR count). The Balaban J connectivity index is 1.21. The van der Waals surface area contributed by atoms with Crippen molar-refractivity contribution in [1.82, 2.24) is 25.5 Å². The van der Waals surface area contributed by atoms with E-state index in [2.05, 4.69) is 31.5 Å². The molecule has 0 saturated carbocycles. The Morgan fingerprint density at radius 2 is 1.80 bits per heavy atom. The fourth-order valence-electron chi connectivity index (χ4n) is 4.47. The summed E-state index contributed by atoms with van der Waals surface area (Å²) in [6.45, 7) is -0.0328. The zero-order chi connectivity index (χ0) is 31.6. The van der Waals surface area contributed by atoms with E-state index < -0.39 is 30.1 Å². The van der Waals surface area contributed by atoms with Gasteiger partial charge in [-0.2, -0.15) is 4.68 Å². The Morgan fingerprint density at radius 1 is 1.04 bits per heavy atom. The molecule has 14 heteroatoms. The first-order valence-electron chi connectivity index (χ1n) is 13.9. The van der Waals surface area contributed by atoms with Gasteiger partial charge in [0, 0.05) is 40.9 Å². The first kappa shape index (κ1) is 30.9. The lowest BCUT2D eigenvalue weighted by Gasteiger charge is -2.18. The van der Waals surface area contributed by atoms with Gasteiger partial charge in [-0.3, -0.25) is 19.7 Å². The van der Waals surface area contributed by atoms with Crippen molar-refractivity contribution >= 4 is 52.9 Å². The molecule has 3 amide bonds. The van der Waals surface area contributed by atoms with E-state index in [-0.39, 0.29) is 19.0 Å². The topological polar surface area (TPSA) is 166 Å². The summed E-state index contributed by atoms with van der Waals surface area (Å²) < 4.78 is 11.6. The van der Waals surface area contributed by atoms with Gasteiger partial charge in [0.15, 0.2) is 0 Å². The van der Waals surface area contributed by atoms with Gasteiger partial charge in [0.25, 0.3) is 0 Å². The van der Waals surface area contributed by atoms with Gasteiger partial charge in [0.2, 0.25) is 11.8 Å². The first-order chi connectivity index (χ1) is 21.8. The van der Waals surface area contributed by atoms with E-state index >= 15 is 0 Å². The number of nitrogens with one attached hydrogen (secondary N) is 3. The number of hydrogen-bond donors (Lipinski definition) is 3. The summed E-state index contributed by atoms with van der Waals surface area (Å²) in [5.74, 6) is -1.25. The average Bonchev–Trinajstić information content (AvgIpc) is 3.72. The van der Waals surface area contributed by atoms with Gasteiger partial charge in [0.1, 0.15) is 25.1 Å². The van der Waals surface area contributed by atoms with Gasteiger partial charge in [-0.1, -0.05) is 41.9 Å². The summed E-state index contributed by atoms with van der Waals surface area (Å²) in [5.41, 5.74) is 2.93. The molecule has 13 nitrogen and oxygen atoms in total. The van der Waals surface area contributed by atoms with Crippen LogP contribution in [0.15, 0.2) is 85.2 Å². The molecule has 0 aliphatic carbocycles. The maximum Gasteiger partial charge on any atom is 0.411 e. The van der Waals surface area contributed by atoms with Crippen LogP contribution in [0.1, 0.15) is 24.0 Å². The zero-order valence-corrected chi connectivity index (χ0v) is 24.5. The summed E-state index contributed by atoms with van der Waals surface area (Å²) in [7, 11) is 0. The number of benzene rings is 3. The molecule has 230 valence electrons. The lowest BCUT2D eigenvalue weighted by molar-refractivity contribution is -0.142. The summed E-state index contributed by atoms with van der Waals surface area (Å²) in [6.07, 6.45) is 4.21. The van der Waals surface area contributed by atoms with Crippen LogP contribution in [0.5, 0.6) is 0 Å². The molecule has 1 saturated heterocycles. The van der Waals surface area contributed by atoms with Crippen molar-refractivity contribution in [2.24, 2.45) is 0 Å². The molecule has 3 aromatic carbocycles. The molecule has 0 radical (unpaired) electrons.